The molecular formula is C27H35FN2O4. The van der Waals surface area contributed by atoms with Crippen LogP contribution in [0.1, 0.15) is 41.6 Å². The summed E-state index contributed by atoms with van der Waals surface area (Å²) in [7, 11) is 3.31. The third-order valence-electron chi connectivity index (χ3n) is 6.96. The Hall–Kier alpha value is -2.64. The molecule has 34 heavy (non-hydrogen) atoms. The molecule has 0 unspecified atom stereocenters. The molecule has 1 saturated heterocycles. The monoisotopic (exact) mass is 470 g/mol. The number of rotatable bonds is 4. The van der Waals surface area contributed by atoms with Gasteiger partial charge in [0, 0.05) is 56.4 Å². The van der Waals surface area contributed by atoms with Crippen molar-refractivity contribution < 1.29 is 23.4 Å². The fourth-order valence-corrected chi connectivity index (χ4v) is 5.01. The number of piperidine rings is 1. The molecule has 2 aliphatic heterocycles. The van der Waals surface area contributed by atoms with Gasteiger partial charge in [-0.05, 0) is 50.1 Å². The summed E-state index contributed by atoms with van der Waals surface area (Å²) in [6, 6.07) is 12.4. The lowest BCUT2D eigenvalue weighted by molar-refractivity contribution is -0.00677. The van der Waals surface area contributed by atoms with E-state index in [1.165, 1.54) is 13.2 Å². The summed E-state index contributed by atoms with van der Waals surface area (Å²) in [6.07, 6.45) is 4.06. The highest BCUT2D eigenvalue weighted by Crippen LogP contribution is 2.27. The maximum Gasteiger partial charge on any atom is 0.254 e. The number of amides is 1. The molecule has 0 aromatic heterocycles. The van der Waals surface area contributed by atoms with Gasteiger partial charge in [0.15, 0.2) is 0 Å². The molecule has 0 N–H and O–H groups in total. The van der Waals surface area contributed by atoms with E-state index in [2.05, 4.69) is 4.90 Å². The van der Waals surface area contributed by atoms with Crippen LogP contribution in [0.15, 0.2) is 42.5 Å². The van der Waals surface area contributed by atoms with Crippen LogP contribution in [0.4, 0.5) is 4.39 Å². The van der Waals surface area contributed by atoms with Crippen molar-refractivity contribution in [2.45, 2.75) is 38.3 Å². The Kier molecular flexibility index (Phi) is 8.40. The minimum absolute atomic E-state index is 0.0523. The largest absolute Gasteiger partial charge is 0.497 e. The van der Waals surface area contributed by atoms with Crippen LogP contribution in [-0.2, 0) is 11.3 Å². The summed E-state index contributed by atoms with van der Waals surface area (Å²) in [4.78, 5) is 17.4. The molecule has 2 aliphatic rings. The van der Waals surface area contributed by atoms with Crippen LogP contribution in [0, 0.1) is 11.7 Å². The summed E-state index contributed by atoms with van der Waals surface area (Å²) < 4.78 is 31.5. The quantitative estimate of drug-likeness (QED) is 0.664. The van der Waals surface area contributed by atoms with E-state index in [1.54, 1.807) is 19.2 Å². The van der Waals surface area contributed by atoms with Gasteiger partial charge in [0.05, 0.1) is 13.2 Å². The van der Waals surface area contributed by atoms with Gasteiger partial charge in [0.2, 0.25) is 0 Å². The molecule has 0 radical (unpaired) electrons. The Balaban J connectivity index is 1.50. The molecule has 6 nitrogen and oxygen atoms in total. The highest BCUT2D eigenvalue weighted by atomic mass is 19.1. The molecule has 184 valence electrons. The zero-order chi connectivity index (χ0) is 23.9. The van der Waals surface area contributed by atoms with E-state index < -0.39 is 0 Å². The van der Waals surface area contributed by atoms with E-state index >= 15 is 0 Å². The van der Waals surface area contributed by atoms with Gasteiger partial charge in [0.1, 0.15) is 23.9 Å². The number of hydrogen-bond donors (Lipinski definition) is 0. The van der Waals surface area contributed by atoms with Crippen molar-refractivity contribution in [3.05, 3.63) is 59.4 Å². The van der Waals surface area contributed by atoms with Crippen molar-refractivity contribution >= 4 is 5.91 Å². The Morgan fingerprint density at radius 2 is 1.94 bits per heavy atom. The minimum Gasteiger partial charge on any atom is -0.497 e. The van der Waals surface area contributed by atoms with Crippen LogP contribution >= 0.6 is 0 Å². The standard InChI is InChI=1S/C27H35FN2O4/c1-32-23-10-9-21(25(28)17-23)18-29-12-4-3-6-22-19-30(13-11-26(22)33-2)27(31)20-7-5-8-24(16-20)34-15-14-29/h5,7-10,16-17,22,26H,3-4,6,11-15,18-19H2,1-2H3/t22-,26+/m0/s1. The molecule has 2 atom stereocenters. The predicted octanol–water partition coefficient (Wildman–Crippen LogP) is 4.38. The van der Waals surface area contributed by atoms with Crippen LogP contribution in [0.5, 0.6) is 11.5 Å². The maximum absolute atomic E-state index is 14.6. The number of methoxy groups -OCH3 is 2. The second-order valence-electron chi connectivity index (χ2n) is 9.18. The van der Waals surface area contributed by atoms with Gasteiger partial charge in [-0.3, -0.25) is 9.69 Å². The number of nitrogens with zero attached hydrogens (tertiary/aromatic N) is 2. The molecule has 1 fully saturated rings. The zero-order valence-corrected chi connectivity index (χ0v) is 20.2. The third-order valence-corrected chi connectivity index (χ3v) is 6.96. The van der Waals surface area contributed by atoms with Crippen LogP contribution < -0.4 is 9.47 Å². The summed E-state index contributed by atoms with van der Waals surface area (Å²) in [5.41, 5.74) is 1.30. The molecule has 2 aromatic rings. The normalized spacial score (nSPS) is 22.4. The molecule has 0 aliphatic carbocycles. The number of fused-ring (bicyclic) bond motifs is 4. The van der Waals surface area contributed by atoms with Gasteiger partial charge in [-0.1, -0.05) is 18.6 Å². The van der Waals surface area contributed by atoms with Gasteiger partial charge in [-0.25, -0.2) is 4.39 Å². The summed E-state index contributed by atoms with van der Waals surface area (Å²) in [5.74, 6) is 1.31. The molecule has 1 amide bonds. The van der Waals surface area contributed by atoms with Gasteiger partial charge < -0.3 is 19.1 Å². The maximum atomic E-state index is 14.6. The fraction of sp³-hybridized carbons (Fsp3) is 0.519. The number of carbonyl (C=O) groups excluding carboxylic acids is 1. The van der Waals surface area contributed by atoms with Gasteiger partial charge in [-0.2, -0.15) is 0 Å². The molecule has 4 rings (SSSR count). The van der Waals surface area contributed by atoms with Crippen molar-refractivity contribution in [2.75, 3.05) is 47.0 Å². The van der Waals surface area contributed by atoms with Crippen molar-refractivity contribution in [1.82, 2.24) is 9.80 Å². The van der Waals surface area contributed by atoms with Crippen molar-refractivity contribution in [3.63, 3.8) is 0 Å². The second-order valence-corrected chi connectivity index (χ2v) is 9.18. The highest BCUT2D eigenvalue weighted by Gasteiger charge is 2.31. The van der Waals surface area contributed by atoms with E-state index in [1.807, 2.05) is 29.2 Å². The number of carbonyl (C=O) groups is 1. The van der Waals surface area contributed by atoms with E-state index in [0.29, 0.717) is 61.3 Å². The van der Waals surface area contributed by atoms with E-state index in [9.17, 15) is 9.18 Å². The Morgan fingerprint density at radius 3 is 2.74 bits per heavy atom. The number of hydrogen-bond acceptors (Lipinski definition) is 5. The summed E-state index contributed by atoms with van der Waals surface area (Å²) in [6.45, 7) is 3.91. The first-order valence-electron chi connectivity index (χ1n) is 12.2. The first kappa shape index (κ1) is 24.5. The third kappa shape index (κ3) is 6.07. The molecule has 4 bridgehead atoms. The van der Waals surface area contributed by atoms with E-state index in [-0.39, 0.29) is 17.8 Å². The topological polar surface area (TPSA) is 51.2 Å². The number of ether oxygens (including phenoxy) is 3. The molecule has 2 aromatic carbocycles. The van der Waals surface area contributed by atoms with E-state index in [4.69, 9.17) is 14.2 Å². The molecular weight excluding hydrogens is 435 g/mol. The smallest absolute Gasteiger partial charge is 0.254 e. The van der Waals surface area contributed by atoms with Crippen LogP contribution in [0.3, 0.4) is 0 Å². The Morgan fingerprint density at radius 1 is 1.06 bits per heavy atom. The van der Waals surface area contributed by atoms with E-state index in [0.717, 1.165) is 32.2 Å². The van der Waals surface area contributed by atoms with Gasteiger partial charge in [-0.15, -0.1) is 0 Å². The lowest BCUT2D eigenvalue weighted by atomic mass is 9.89. The Labute approximate surface area is 201 Å². The minimum atomic E-state index is -0.257. The summed E-state index contributed by atoms with van der Waals surface area (Å²) in [5, 5.41) is 0. The second kappa shape index (κ2) is 11.7. The first-order chi connectivity index (χ1) is 16.6. The first-order valence-corrected chi connectivity index (χ1v) is 12.2. The zero-order valence-electron chi connectivity index (χ0n) is 20.2. The van der Waals surface area contributed by atoms with Crippen molar-refractivity contribution in [3.8, 4) is 11.5 Å². The van der Waals surface area contributed by atoms with Crippen LogP contribution in [-0.4, -0.2) is 68.8 Å². The average molecular weight is 471 g/mol. The van der Waals surface area contributed by atoms with Gasteiger partial charge >= 0.3 is 0 Å². The molecule has 0 saturated carbocycles. The van der Waals surface area contributed by atoms with Gasteiger partial charge in [0.25, 0.3) is 5.91 Å². The average Bonchev–Trinajstić information content (AvgIpc) is 2.86. The van der Waals surface area contributed by atoms with Crippen LogP contribution in [0.25, 0.3) is 0 Å². The Bertz CT molecular complexity index is 969. The molecule has 0 spiro atoms. The lowest BCUT2D eigenvalue weighted by Gasteiger charge is -2.38. The van der Waals surface area contributed by atoms with Crippen LogP contribution in [0.2, 0.25) is 0 Å². The molecule has 2 heterocycles. The SMILES string of the molecule is COc1ccc(CN2CCCC[C@H]3CN(CC[C@H]3OC)C(=O)c3cccc(c3)OCC2)c(F)c1. The van der Waals surface area contributed by atoms with Crippen molar-refractivity contribution in [2.24, 2.45) is 5.92 Å². The predicted molar refractivity (Wildman–Crippen MR) is 129 cm³/mol. The lowest BCUT2D eigenvalue weighted by Crippen LogP contribution is -2.46. The fourth-order valence-electron chi connectivity index (χ4n) is 5.01. The number of halogens is 1. The van der Waals surface area contributed by atoms with Crippen molar-refractivity contribution in [1.29, 1.82) is 0 Å². The molecule has 7 heteroatoms. The summed E-state index contributed by atoms with van der Waals surface area (Å²) >= 11 is 0. The highest BCUT2D eigenvalue weighted by molar-refractivity contribution is 5.94. The number of benzene rings is 2.